The molecule has 0 aliphatic carbocycles. The number of likely N-dealkylation sites (tertiary alicyclic amines) is 1. The maximum absolute atomic E-state index is 6.08. The molecule has 1 aliphatic heterocycles. The zero-order valence-electron chi connectivity index (χ0n) is 15.3. The Morgan fingerprint density at radius 1 is 1.26 bits per heavy atom. The van der Waals surface area contributed by atoms with Crippen molar-refractivity contribution in [2.24, 2.45) is 0 Å². The lowest BCUT2D eigenvalue weighted by atomic mass is 9.96. The third-order valence-electron chi connectivity index (χ3n) is 5.27. The van der Waals surface area contributed by atoms with Gasteiger partial charge in [-0.25, -0.2) is 4.98 Å². The summed E-state index contributed by atoms with van der Waals surface area (Å²) in [6.45, 7) is 4.03. The van der Waals surface area contributed by atoms with Gasteiger partial charge in [0, 0.05) is 29.7 Å². The second-order valence-corrected chi connectivity index (χ2v) is 7.81. The monoisotopic (exact) mass is 398 g/mol. The first-order chi connectivity index (χ1) is 13.1. The Bertz CT molecular complexity index is 960. The molecule has 0 saturated carbocycles. The van der Waals surface area contributed by atoms with Gasteiger partial charge in [-0.2, -0.15) is 0 Å². The number of piperidine rings is 1. The number of hydrogen-bond donors (Lipinski definition) is 2. The number of aromatic nitrogens is 2. The summed E-state index contributed by atoms with van der Waals surface area (Å²) in [6.07, 6.45) is 3.06. The van der Waals surface area contributed by atoms with Gasteiger partial charge < -0.3 is 15.2 Å². The molecule has 0 radical (unpaired) electrons. The minimum absolute atomic E-state index is 0.429. The van der Waals surface area contributed by atoms with Crippen molar-refractivity contribution in [1.82, 2.24) is 14.9 Å². The van der Waals surface area contributed by atoms with Crippen molar-refractivity contribution in [2.75, 3.05) is 18.4 Å². The molecule has 1 aromatic heterocycles. The number of hydrogen-bond acceptors (Lipinski definition) is 2. The van der Waals surface area contributed by atoms with Gasteiger partial charge in [0.15, 0.2) is 5.11 Å². The SMILES string of the molecule is CCc1ccccc1NC(=S)N1CCC(c2nc3ccc(Cl)cc3[nH]2)CC1. The molecular weight excluding hydrogens is 376 g/mol. The highest BCUT2D eigenvalue weighted by molar-refractivity contribution is 7.80. The van der Waals surface area contributed by atoms with Crippen LogP contribution in [0.3, 0.4) is 0 Å². The maximum Gasteiger partial charge on any atom is 0.173 e. The van der Waals surface area contributed by atoms with Crippen LogP contribution in [0.2, 0.25) is 5.02 Å². The fraction of sp³-hybridized carbons (Fsp3) is 0.333. The number of anilines is 1. The summed E-state index contributed by atoms with van der Waals surface area (Å²) in [4.78, 5) is 10.5. The van der Waals surface area contributed by atoms with Crippen molar-refractivity contribution >= 4 is 45.7 Å². The number of para-hydroxylation sites is 1. The fourth-order valence-electron chi connectivity index (χ4n) is 3.70. The van der Waals surface area contributed by atoms with Crippen molar-refractivity contribution in [2.45, 2.75) is 32.1 Å². The third kappa shape index (κ3) is 3.94. The van der Waals surface area contributed by atoms with Crippen LogP contribution in [0.1, 0.15) is 37.1 Å². The summed E-state index contributed by atoms with van der Waals surface area (Å²) in [5, 5.41) is 4.98. The number of halogens is 1. The summed E-state index contributed by atoms with van der Waals surface area (Å²) in [5.41, 5.74) is 4.38. The molecule has 0 unspecified atom stereocenters. The van der Waals surface area contributed by atoms with Gasteiger partial charge in [-0.3, -0.25) is 0 Å². The molecule has 0 spiro atoms. The highest BCUT2D eigenvalue weighted by atomic mass is 35.5. The fourth-order valence-corrected chi connectivity index (χ4v) is 4.16. The molecular formula is C21H23ClN4S. The zero-order valence-corrected chi connectivity index (χ0v) is 16.9. The number of benzene rings is 2. The maximum atomic E-state index is 6.08. The standard InChI is InChI=1S/C21H23ClN4S/c1-2-14-5-3-4-6-17(14)25-21(27)26-11-9-15(10-12-26)20-23-18-8-7-16(22)13-19(18)24-20/h3-8,13,15H,2,9-12H2,1H3,(H,23,24)(H,25,27). The van der Waals surface area contributed by atoms with E-state index >= 15 is 0 Å². The first-order valence-electron chi connectivity index (χ1n) is 9.43. The van der Waals surface area contributed by atoms with Crippen LogP contribution in [-0.2, 0) is 6.42 Å². The van der Waals surface area contributed by atoms with Crippen molar-refractivity contribution in [3.8, 4) is 0 Å². The Balaban J connectivity index is 1.40. The molecule has 27 heavy (non-hydrogen) atoms. The Kier molecular flexibility index (Phi) is 5.32. The third-order valence-corrected chi connectivity index (χ3v) is 5.87. The van der Waals surface area contributed by atoms with Gasteiger partial charge in [-0.05, 0) is 61.3 Å². The van der Waals surface area contributed by atoms with E-state index in [1.165, 1.54) is 5.56 Å². The molecule has 2 heterocycles. The summed E-state index contributed by atoms with van der Waals surface area (Å²) >= 11 is 11.7. The number of rotatable bonds is 3. The molecule has 6 heteroatoms. The van der Waals surface area contributed by atoms with Crippen molar-refractivity contribution in [3.63, 3.8) is 0 Å². The molecule has 0 amide bonds. The molecule has 1 aliphatic rings. The van der Waals surface area contributed by atoms with E-state index in [1.54, 1.807) is 0 Å². The summed E-state index contributed by atoms with van der Waals surface area (Å²) in [5.74, 6) is 1.49. The number of H-pyrrole nitrogens is 1. The normalized spacial score (nSPS) is 15.3. The first-order valence-corrected chi connectivity index (χ1v) is 10.2. The Morgan fingerprint density at radius 2 is 2.04 bits per heavy atom. The predicted molar refractivity (Wildman–Crippen MR) is 117 cm³/mol. The smallest absolute Gasteiger partial charge is 0.173 e. The molecule has 4 rings (SSSR count). The highest BCUT2D eigenvalue weighted by Crippen LogP contribution is 2.29. The predicted octanol–water partition coefficient (Wildman–Crippen LogP) is 5.36. The number of aryl methyl sites for hydroxylation is 1. The molecule has 2 aromatic carbocycles. The minimum atomic E-state index is 0.429. The lowest BCUT2D eigenvalue weighted by Gasteiger charge is -2.33. The van der Waals surface area contributed by atoms with E-state index in [-0.39, 0.29) is 0 Å². The van der Waals surface area contributed by atoms with Gasteiger partial charge in [-0.1, -0.05) is 36.7 Å². The largest absolute Gasteiger partial charge is 0.349 e. The molecule has 1 fully saturated rings. The quantitative estimate of drug-likeness (QED) is 0.583. The molecule has 0 bridgehead atoms. The van der Waals surface area contributed by atoms with Crippen molar-refractivity contribution in [1.29, 1.82) is 0 Å². The van der Waals surface area contributed by atoms with E-state index in [0.29, 0.717) is 5.92 Å². The Labute approximate surface area is 169 Å². The summed E-state index contributed by atoms with van der Waals surface area (Å²) < 4.78 is 0. The topological polar surface area (TPSA) is 44.0 Å². The number of imidazole rings is 1. The summed E-state index contributed by atoms with van der Waals surface area (Å²) in [7, 11) is 0. The zero-order chi connectivity index (χ0) is 18.8. The number of nitrogens with zero attached hydrogens (tertiary/aromatic N) is 2. The van der Waals surface area contributed by atoms with Crippen LogP contribution in [0.25, 0.3) is 11.0 Å². The van der Waals surface area contributed by atoms with Gasteiger partial charge in [0.1, 0.15) is 5.82 Å². The van der Waals surface area contributed by atoms with E-state index in [9.17, 15) is 0 Å². The van der Waals surface area contributed by atoms with Gasteiger partial charge in [0.25, 0.3) is 0 Å². The highest BCUT2D eigenvalue weighted by Gasteiger charge is 2.24. The molecule has 140 valence electrons. The van der Waals surface area contributed by atoms with Crippen LogP contribution in [0.5, 0.6) is 0 Å². The molecule has 2 N–H and O–H groups in total. The molecule has 1 saturated heterocycles. The van der Waals surface area contributed by atoms with Crippen LogP contribution in [0.15, 0.2) is 42.5 Å². The second kappa shape index (κ2) is 7.87. The van der Waals surface area contributed by atoms with Gasteiger partial charge in [0.2, 0.25) is 0 Å². The van der Waals surface area contributed by atoms with E-state index in [1.807, 2.05) is 24.3 Å². The lowest BCUT2D eigenvalue weighted by Crippen LogP contribution is -2.40. The Hall–Kier alpha value is -2.11. The van der Waals surface area contributed by atoms with Crippen molar-refractivity contribution in [3.05, 3.63) is 58.9 Å². The van der Waals surface area contributed by atoms with Crippen LogP contribution in [0, 0.1) is 0 Å². The van der Waals surface area contributed by atoms with E-state index < -0.39 is 0 Å². The van der Waals surface area contributed by atoms with Crippen molar-refractivity contribution < 1.29 is 0 Å². The van der Waals surface area contributed by atoms with Gasteiger partial charge in [0.05, 0.1) is 11.0 Å². The van der Waals surface area contributed by atoms with Gasteiger partial charge in [-0.15, -0.1) is 0 Å². The first kappa shape index (κ1) is 18.3. The summed E-state index contributed by atoms with van der Waals surface area (Å²) in [6, 6.07) is 14.1. The molecule has 4 nitrogen and oxygen atoms in total. The van der Waals surface area contributed by atoms with E-state index in [0.717, 1.165) is 65.0 Å². The minimum Gasteiger partial charge on any atom is -0.349 e. The van der Waals surface area contributed by atoms with Crippen LogP contribution >= 0.6 is 23.8 Å². The molecule has 3 aromatic rings. The number of aromatic amines is 1. The van der Waals surface area contributed by atoms with Crippen LogP contribution in [0.4, 0.5) is 5.69 Å². The number of nitrogens with one attached hydrogen (secondary N) is 2. The number of fused-ring (bicyclic) bond motifs is 1. The average molecular weight is 399 g/mol. The second-order valence-electron chi connectivity index (χ2n) is 6.99. The van der Waals surface area contributed by atoms with Crippen LogP contribution < -0.4 is 5.32 Å². The Morgan fingerprint density at radius 3 is 2.81 bits per heavy atom. The van der Waals surface area contributed by atoms with Crippen LogP contribution in [-0.4, -0.2) is 33.1 Å². The van der Waals surface area contributed by atoms with Gasteiger partial charge >= 0.3 is 0 Å². The average Bonchev–Trinajstić information content (AvgIpc) is 3.11. The lowest BCUT2D eigenvalue weighted by molar-refractivity contribution is 0.311. The number of thiocarbonyl (C=S) groups is 1. The molecule has 0 atom stereocenters. The van der Waals surface area contributed by atoms with E-state index in [4.69, 9.17) is 28.8 Å². The van der Waals surface area contributed by atoms with E-state index in [2.05, 4.69) is 40.3 Å².